The van der Waals surface area contributed by atoms with Crippen LogP contribution in [-0.2, 0) is 0 Å². The third kappa shape index (κ3) is 2.80. The summed E-state index contributed by atoms with van der Waals surface area (Å²) in [5.74, 6) is 1.80. The molecular weight excluding hydrogens is 314 g/mol. The van der Waals surface area contributed by atoms with Gasteiger partial charge in [0.15, 0.2) is 0 Å². The standard InChI is InChI=1S/C19H21N5O/c1-12-7-9-13(10-8-12)15-11-16(14-5-3-4-6-17(14)25-2)24-19(21-15)22-18(20)23-24/h3-10,15-16H,11H2,1-2H3,(H3,20,21,22,23)/t15-,16-/m1/s1. The Bertz CT molecular complexity index is 887. The van der Waals surface area contributed by atoms with Gasteiger partial charge in [-0.15, -0.1) is 5.10 Å². The molecule has 0 amide bonds. The summed E-state index contributed by atoms with van der Waals surface area (Å²) in [4.78, 5) is 4.35. The highest BCUT2D eigenvalue weighted by Gasteiger charge is 2.32. The van der Waals surface area contributed by atoms with E-state index in [1.807, 2.05) is 22.9 Å². The second kappa shape index (κ2) is 6.12. The number of nitrogens with one attached hydrogen (secondary N) is 1. The third-order valence-electron chi connectivity index (χ3n) is 4.68. The van der Waals surface area contributed by atoms with Crippen LogP contribution in [0.1, 0.15) is 35.2 Å². The maximum absolute atomic E-state index is 5.86. The zero-order chi connectivity index (χ0) is 17.4. The van der Waals surface area contributed by atoms with E-state index in [9.17, 15) is 0 Å². The topological polar surface area (TPSA) is 78.0 Å². The monoisotopic (exact) mass is 335 g/mol. The van der Waals surface area contributed by atoms with Gasteiger partial charge in [0.25, 0.3) is 0 Å². The molecule has 4 rings (SSSR count). The molecule has 0 spiro atoms. The lowest BCUT2D eigenvalue weighted by atomic mass is 9.92. The summed E-state index contributed by atoms with van der Waals surface area (Å²) in [5, 5.41) is 7.85. The van der Waals surface area contributed by atoms with Crippen molar-refractivity contribution in [2.24, 2.45) is 0 Å². The fraction of sp³-hybridized carbons (Fsp3) is 0.263. The molecule has 1 aromatic heterocycles. The maximum atomic E-state index is 5.86. The minimum atomic E-state index is 0.00324. The molecule has 3 N–H and O–H groups in total. The van der Waals surface area contributed by atoms with Gasteiger partial charge >= 0.3 is 0 Å². The molecule has 6 heteroatoms. The van der Waals surface area contributed by atoms with Crippen LogP contribution in [0, 0.1) is 6.92 Å². The lowest BCUT2D eigenvalue weighted by Crippen LogP contribution is -2.28. The van der Waals surface area contributed by atoms with E-state index >= 15 is 0 Å². The molecule has 2 aromatic carbocycles. The Morgan fingerprint density at radius 2 is 1.92 bits per heavy atom. The van der Waals surface area contributed by atoms with E-state index in [1.54, 1.807) is 7.11 Å². The summed E-state index contributed by atoms with van der Waals surface area (Å²) >= 11 is 0. The molecule has 6 nitrogen and oxygen atoms in total. The number of nitrogens with two attached hydrogens (primary N) is 1. The fourth-order valence-electron chi connectivity index (χ4n) is 3.41. The molecule has 2 atom stereocenters. The Labute approximate surface area is 146 Å². The molecule has 0 bridgehead atoms. The summed E-state index contributed by atoms with van der Waals surface area (Å²) in [5.41, 5.74) is 9.40. The lowest BCUT2D eigenvalue weighted by Gasteiger charge is -2.32. The average Bonchev–Trinajstić information content (AvgIpc) is 3.01. The van der Waals surface area contributed by atoms with Gasteiger partial charge in [0.2, 0.25) is 11.9 Å². The summed E-state index contributed by atoms with van der Waals surface area (Å²) in [6.07, 6.45) is 0.833. The van der Waals surface area contributed by atoms with Crippen molar-refractivity contribution in [3.63, 3.8) is 0 Å². The number of nitrogens with zero attached hydrogens (tertiary/aromatic N) is 3. The molecule has 25 heavy (non-hydrogen) atoms. The molecule has 1 aliphatic heterocycles. The summed E-state index contributed by atoms with van der Waals surface area (Å²) in [6.45, 7) is 2.09. The molecule has 1 aliphatic rings. The van der Waals surface area contributed by atoms with Crippen molar-refractivity contribution in [1.82, 2.24) is 14.8 Å². The van der Waals surface area contributed by atoms with Gasteiger partial charge in [-0.25, -0.2) is 4.68 Å². The highest BCUT2D eigenvalue weighted by molar-refractivity contribution is 5.45. The molecule has 128 valence electrons. The first-order valence-electron chi connectivity index (χ1n) is 8.33. The van der Waals surface area contributed by atoms with E-state index in [-0.39, 0.29) is 18.0 Å². The fourth-order valence-corrected chi connectivity index (χ4v) is 3.41. The van der Waals surface area contributed by atoms with Gasteiger partial charge in [-0.05, 0) is 25.0 Å². The van der Waals surface area contributed by atoms with E-state index < -0.39 is 0 Å². The van der Waals surface area contributed by atoms with E-state index in [2.05, 4.69) is 52.7 Å². The lowest BCUT2D eigenvalue weighted by molar-refractivity contribution is 0.380. The van der Waals surface area contributed by atoms with Gasteiger partial charge < -0.3 is 15.8 Å². The smallest absolute Gasteiger partial charge is 0.241 e. The number of nitrogen functional groups attached to an aromatic ring is 1. The van der Waals surface area contributed by atoms with Crippen LogP contribution < -0.4 is 15.8 Å². The SMILES string of the molecule is COc1ccccc1[C@H]1C[C@H](c2ccc(C)cc2)Nc2nc(N)nn21. The second-order valence-corrected chi connectivity index (χ2v) is 6.34. The number of aromatic nitrogens is 3. The molecule has 3 aromatic rings. The Morgan fingerprint density at radius 3 is 2.68 bits per heavy atom. The van der Waals surface area contributed by atoms with Gasteiger partial charge in [0.1, 0.15) is 5.75 Å². The molecular formula is C19H21N5O. The number of hydrogen-bond donors (Lipinski definition) is 2. The molecule has 0 aliphatic carbocycles. The number of anilines is 2. The Kier molecular flexibility index (Phi) is 3.80. The largest absolute Gasteiger partial charge is 0.496 e. The van der Waals surface area contributed by atoms with Gasteiger partial charge in [-0.3, -0.25) is 0 Å². The van der Waals surface area contributed by atoms with Crippen molar-refractivity contribution in [3.05, 3.63) is 65.2 Å². The molecule has 0 saturated heterocycles. The van der Waals surface area contributed by atoms with Crippen molar-refractivity contribution >= 4 is 11.9 Å². The van der Waals surface area contributed by atoms with Crippen LogP contribution in [0.2, 0.25) is 0 Å². The van der Waals surface area contributed by atoms with E-state index in [0.717, 1.165) is 17.7 Å². The van der Waals surface area contributed by atoms with E-state index in [1.165, 1.54) is 11.1 Å². The van der Waals surface area contributed by atoms with Crippen LogP contribution in [0.3, 0.4) is 0 Å². The van der Waals surface area contributed by atoms with Crippen LogP contribution in [-0.4, -0.2) is 21.9 Å². The minimum Gasteiger partial charge on any atom is -0.496 e. The summed E-state index contributed by atoms with van der Waals surface area (Å²) in [6, 6.07) is 16.7. The summed E-state index contributed by atoms with van der Waals surface area (Å²) in [7, 11) is 1.69. The molecule has 0 fully saturated rings. The number of ether oxygens (including phenoxy) is 1. The van der Waals surface area contributed by atoms with Crippen LogP contribution in [0.5, 0.6) is 5.75 Å². The second-order valence-electron chi connectivity index (χ2n) is 6.34. The van der Waals surface area contributed by atoms with Crippen LogP contribution in [0.25, 0.3) is 0 Å². The number of benzene rings is 2. The van der Waals surface area contributed by atoms with Crippen molar-refractivity contribution in [3.8, 4) is 5.75 Å². The highest BCUT2D eigenvalue weighted by atomic mass is 16.5. The number of methoxy groups -OCH3 is 1. The number of rotatable bonds is 3. The van der Waals surface area contributed by atoms with Gasteiger partial charge in [0.05, 0.1) is 19.2 Å². The van der Waals surface area contributed by atoms with Crippen molar-refractivity contribution in [2.45, 2.75) is 25.4 Å². The van der Waals surface area contributed by atoms with E-state index in [4.69, 9.17) is 10.5 Å². The highest BCUT2D eigenvalue weighted by Crippen LogP contribution is 2.40. The quantitative estimate of drug-likeness (QED) is 0.768. The first-order chi connectivity index (χ1) is 12.2. The van der Waals surface area contributed by atoms with Crippen molar-refractivity contribution < 1.29 is 4.74 Å². The van der Waals surface area contributed by atoms with Crippen molar-refractivity contribution in [1.29, 1.82) is 0 Å². The first kappa shape index (κ1) is 15.5. The number of fused-ring (bicyclic) bond motifs is 1. The van der Waals surface area contributed by atoms with Gasteiger partial charge in [-0.2, -0.15) is 4.98 Å². The Hall–Kier alpha value is -3.02. The Balaban J connectivity index is 1.78. The molecule has 0 saturated carbocycles. The number of aryl methyl sites for hydroxylation is 1. The van der Waals surface area contributed by atoms with Crippen LogP contribution >= 0.6 is 0 Å². The predicted molar refractivity (Wildman–Crippen MR) is 97.7 cm³/mol. The normalized spacial score (nSPS) is 19.1. The molecule has 2 heterocycles. The Morgan fingerprint density at radius 1 is 1.16 bits per heavy atom. The molecule has 0 unspecified atom stereocenters. The van der Waals surface area contributed by atoms with E-state index in [0.29, 0.717) is 5.95 Å². The number of hydrogen-bond acceptors (Lipinski definition) is 5. The van der Waals surface area contributed by atoms with Crippen molar-refractivity contribution in [2.75, 3.05) is 18.2 Å². The zero-order valence-electron chi connectivity index (χ0n) is 14.3. The maximum Gasteiger partial charge on any atom is 0.241 e. The third-order valence-corrected chi connectivity index (χ3v) is 4.68. The summed E-state index contributed by atoms with van der Waals surface area (Å²) < 4.78 is 7.42. The van der Waals surface area contributed by atoms with Crippen LogP contribution in [0.15, 0.2) is 48.5 Å². The first-order valence-corrected chi connectivity index (χ1v) is 8.33. The van der Waals surface area contributed by atoms with Crippen LogP contribution in [0.4, 0.5) is 11.9 Å². The zero-order valence-corrected chi connectivity index (χ0v) is 14.3. The van der Waals surface area contributed by atoms with Gasteiger partial charge in [0, 0.05) is 5.56 Å². The number of para-hydroxylation sites is 1. The van der Waals surface area contributed by atoms with Gasteiger partial charge in [-0.1, -0.05) is 48.0 Å². The molecule has 0 radical (unpaired) electrons. The minimum absolute atomic E-state index is 0.00324. The average molecular weight is 335 g/mol. The predicted octanol–water partition coefficient (Wildman–Crippen LogP) is 3.32.